The number of carbonyl (C=O) groups excluding carboxylic acids is 1. The van der Waals surface area contributed by atoms with Gasteiger partial charge in [0.05, 0.1) is 16.4 Å². The van der Waals surface area contributed by atoms with Gasteiger partial charge in [-0.1, -0.05) is 50.6 Å². The number of rotatable bonds is 5. The second kappa shape index (κ2) is 6.56. The number of nitrogens with zero attached hydrogens (tertiary/aromatic N) is 2. The van der Waals surface area contributed by atoms with Gasteiger partial charge < -0.3 is 0 Å². The lowest BCUT2D eigenvalue weighted by atomic mass is 9.85. The Kier molecular flexibility index (Phi) is 5.03. The summed E-state index contributed by atoms with van der Waals surface area (Å²) >= 11 is 6.28. The first-order valence-corrected chi connectivity index (χ1v) is 7.71. The normalized spacial score (nSPS) is 16.8. The first kappa shape index (κ1) is 14.6. The van der Waals surface area contributed by atoms with Crippen LogP contribution in [0, 0.1) is 5.92 Å². The quantitative estimate of drug-likeness (QED) is 0.825. The summed E-state index contributed by atoms with van der Waals surface area (Å²) in [5, 5.41) is 5.04. The van der Waals surface area contributed by atoms with Crippen LogP contribution in [0.2, 0.25) is 5.02 Å². The van der Waals surface area contributed by atoms with E-state index in [0.29, 0.717) is 29.6 Å². The van der Waals surface area contributed by atoms with Crippen LogP contribution in [0.1, 0.15) is 56.8 Å². The molecule has 1 saturated carbocycles. The van der Waals surface area contributed by atoms with Crippen molar-refractivity contribution in [3.8, 4) is 0 Å². The van der Waals surface area contributed by atoms with Gasteiger partial charge in [0.25, 0.3) is 0 Å². The first-order valence-electron chi connectivity index (χ1n) is 7.33. The molecular formula is C15H23ClN2O. The van der Waals surface area contributed by atoms with Crippen molar-refractivity contribution in [2.24, 2.45) is 13.0 Å². The summed E-state index contributed by atoms with van der Waals surface area (Å²) in [4.78, 5) is 12.2. The largest absolute Gasteiger partial charge is 0.299 e. The molecular weight excluding hydrogens is 260 g/mol. The van der Waals surface area contributed by atoms with Crippen LogP contribution >= 0.6 is 11.6 Å². The van der Waals surface area contributed by atoms with Crippen LogP contribution in [0.25, 0.3) is 0 Å². The van der Waals surface area contributed by atoms with Crippen molar-refractivity contribution >= 4 is 17.4 Å². The number of aromatic nitrogens is 2. The van der Waals surface area contributed by atoms with E-state index in [9.17, 15) is 4.79 Å². The zero-order valence-electron chi connectivity index (χ0n) is 11.9. The Morgan fingerprint density at radius 1 is 1.37 bits per heavy atom. The molecule has 0 atom stereocenters. The molecule has 1 aromatic rings. The maximum Gasteiger partial charge on any atom is 0.139 e. The summed E-state index contributed by atoms with van der Waals surface area (Å²) in [6, 6.07) is 0. The van der Waals surface area contributed by atoms with E-state index in [1.807, 2.05) is 14.0 Å². The van der Waals surface area contributed by atoms with Crippen molar-refractivity contribution in [1.82, 2.24) is 9.78 Å². The Hall–Kier alpha value is -0.830. The second-order valence-corrected chi connectivity index (χ2v) is 5.99. The highest BCUT2D eigenvalue weighted by molar-refractivity contribution is 6.32. The van der Waals surface area contributed by atoms with Gasteiger partial charge in [-0.25, -0.2) is 0 Å². The third-order valence-electron chi connectivity index (χ3n) is 4.11. The molecule has 0 aromatic carbocycles. The summed E-state index contributed by atoms with van der Waals surface area (Å²) < 4.78 is 1.76. The van der Waals surface area contributed by atoms with E-state index in [1.165, 1.54) is 32.1 Å². The summed E-state index contributed by atoms with van der Waals surface area (Å²) in [5.41, 5.74) is 1.77. The zero-order valence-corrected chi connectivity index (χ0v) is 12.7. The third kappa shape index (κ3) is 3.59. The van der Waals surface area contributed by atoms with Gasteiger partial charge in [0, 0.05) is 19.9 Å². The maximum atomic E-state index is 12.2. The molecule has 0 bridgehead atoms. The first-order chi connectivity index (χ1) is 9.11. The lowest BCUT2D eigenvalue weighted by Crippen LogP contribution is -2.15. The van der Waals surface area contributed by atoms with Crippen LogP contribution in [0.5, 0.6) is 0 Å². The van der Waals surface area contributed by atoms with Gasteiger partial charge in [0.1, 0.15) is 5.78 Å². The van der Waals surface area contributed by atoms with Gasteiger partial charge in [-0.15, -0.1) is 0 Å². The van der Waals surface area contributed by atoms with Crippen molar-refractivity contribution < 1.29 is 4.79 Å². The Morgan fingerprint density at radius 2 is 2.05 bits per heavy atom. The van der Waals surface area contributed by atoms with Crippen molar-refractivity contribution in [2.75, 3.05) is 0 Å². The predicted octanol–water partition coefficient (Wildman–Crippen LogP) is 3.72. The van der Waals surface area contributed by atoms with E-state index in [4.69, 9.17) is 11.6 Å². The van der Waals surface area contributed by atoms with Crippen LogP contribution < -0.4 is 0 Å². The molecule has 4 heteroatoms. The second-order valence-electron chi connectivity index (χ2n) is 5.61. The fourth-order valence-corrected chi connectivity index (χ4v) is 3.34. The van der Waals surface area contributed by atoms with E-state index in [1.54, 1.807) is 4.68 Å². The van der Waals surface area contributed by atoms with E-state index < -0.39 is 0 Å². The highest BCUT2D eigenvalue weighted by Gasteiger charge is 2.20. The summed E-state index contributed by atoms with van der Waals surface area (Å²) in [6.45, 7) is 2.03. The third-order valence-corrected chi connectivity index (χ3v) is 4.54. The topological polar surface area (TPSA) is 34.9 Å². The molecule has 0 radical (unpaired) electrons. The van der Waals surface area contributed by atoms with Crippen LogP contribution in [0.15, 0.2) is 0 Å². The Bertz CT molecular complexity index is 447. The monoisotopic (exact) mass is 282 g/mol. The maximum absolute atomic E-state index is 12.2. The van der Waals surface area contributed by atoms with Gasteiger partial charge in [-0.3, -0.25) is 9.48 Å². The van der Waals surface area contributed by atoms with E-state index in [0.717, 1.165) is 17.8 Å². The molecule has 1 heterocycles. The van der Waals surface area contributed by atoms with Crippen LogP contribution in [0.3, 0.4) is 0 Å². The molecule has 0 N–H and O–H groups in total. The van der Waals surface area contributed by atoms with Gasteiger partial charge >= 0.3 is 0 Å². The standard InChI is InChI=1S/C15H23ClN2O/c1-3-13-15(16)14(18(2)17-13)10-12(19)9-11-7-5-4-6-8-11/h11H,3-10H2,1-2H3. The molecule has 106 valence electrons. The minimum Gasteiger partial charge on any atom is -0.299 e. The molecule has 0 aliphatic heterocycles. The van der Waals surface area contributed by atoms with Crippen molar-refractivity contribution in [1.29, 1.82) is 0 Å². The van der Waals surface area contributed by atoms with Crippen molar-refractivity contribution in [3.05, 3.63) is 16.4 Å². The molecule has 1 aliphatic rings. The smallest absolute Gasteiger partial charge is 0.139 e. The molecule has 0 amide bonds. The van der Waals surface area contributed by atoms with Gasteiger partial charge in [0.15, 0.2) is 0 Å². The van der Waals surface area contributed by atoms with Crippen molar-refractivity contribution in [3.63, 3.8) is 0 Å². The number of ketones is 1. The average Bonchev–Trinajstić information content (AvgIpc) is 2.67. The van der Waals surface area contributed by atoms with Gasteiger partial charge in [-0.05, 0) is 12.3 Å². The highest BCUT2D eigenvalue weighted by Crippen LogP contribution is 2.28. The SMILES string of the molecule is CCc1nn(C)c(CC(=O)CC2CCCCC2)c1Cl. The predicted molar refractivity (Wildman–Crippen MR) is 77.5 cm³/mol. The van der Waals surface area contributed by atoms with E-state index in [2.05, 4.69) is 5.10 Å². The number of halogens is 1. The average molecular weight is 283 g/mol. The Balaban J connectivity index is 1.96. The van der Waals surface area contributed by atoms with Gasteiger partial charge in [-0.2, -0.15) is 5.10 Å². The van der Waals surface area contributed by atoms with Crippen LogP contribution in [-0.4, -0.2) is 15.6 Å². The van der Waals surface area contributed by atoms with Crippen molar-refractivity contribution in [2.45, 2.75) is 58.3 Å². The molecule has 1 fully saturated rings. The Morgan fingerprint density at radius 3 is 2.63 bits per heavy atom. The molecule has 3 nitrogen and oxygen atoms in total. The number of hydrogen-bond donors (Lipinski definition) is 0. The molecule has 0 saturated heterocycles. The van der Waals surface area contributed by atoms with Gasteiger partial charge in [0.2, 0.25) is 0 Å². The summed E-state index contributed by atoms with van der Waals surface area (Å²) in [6.07, 6.45) is 8.27. The summed E-state index contributed by atoms with van der Waals surface area (Å²) in [5.74, 6) is 0.901. The molecule has 19 heavy (non-hydrogen) atoms. The minimum atomic E-state index is 0.305. The van der Waals surface area contributed by atoms with Crippen LogP contribution in [0.4, 0.5) is 0 Å². The zero-order chi connectivity index (χ0) is 13.8. The number of Topliss-reactive ketones (excluding diaryl/α,β-unsaturated/α-hetero) is 1. The molecule has 1 aliphatic carbocycles. The van der Waals surface area contributed by atoms with Crippen LogP contribution in [-0.2, 0) is 24.7 Å². The fraction of sp³-hybridized carbons (Fsp3) is 0.733. The van der Waals surface area contributed by atoms with E-state index >= 15 is 0 Å². The lowest BCUT2D eigenvalue weighted by molar-refractivity contribution is -0.119. The summed E-state index contributed by atoms with van der Waals surface area (Å²) in [7, 11) is 1.87. The number of hydrogen-bond acceptors (Lipinski definition) is 2. The molecule has 0 unspecified atom stereocenters. The minimum absolute atomic E-state index is 0.305. The lowest BCUT2D eigenvalue weighted by Gasteiger charge is -2.20. The fourth-order valence-electron chi connectivity index (χ4n) is 2.98. The molecule has 1 aromatic heterocycles. The van der Waals surface area contributed by atoms with E-state index in [-0.39, 0.29) is 0 Å². The highest BCUT2D eigenvalue weighted by atomic mass is 35.5. The molecule has 0 spiro atoms. The number of aryl methyl sites for hydroxylation is 2. The Labute approximate surface area is 120 Å². The molecule has 2 rings (SSSR count). The number of carbonyl (C=O) groups is 1.